The molecule has 2 amide bonds. The van der Waals surface area contributed by atoms with E-state index in [1.807, 2.05) is 0 Å². The van der Waals surface area contributed by atoms with Crippen LogP contribution < -0.4 is 15.4 Å². The summed E-state index contributed by atoms with van der Waals surface area (Å²) in [6, 6.07) is 3.26. The van der Waals surface area contributed by atoms with Gasteiger partial charge in [-0.25, -0.2) is 4.79 Å². The zero-order valence-electron chi connectivity index (χ0n) is 10.7. The predicted molar refractivity (Wildman–Crippen MR) is 71.4 cm³/mol. The molecule has 0 fully saturated rings. The molecule has 112 valence electrons. The van der Waals surface area contributed by atoms with Crippen LogP contribution in [-0.2, 0) is 0 Å². The van der Waals surface area contributed by atoms with Gasteiger partial charge in [0.05, 0.1) is 5.02 Å². The molecule has 5 nitrogen and oxygen atoms in total. The molecule has 0 radical (unpaired) electrons. The first-order chi connectivity index (χ1) is 9.42. The van der Waals surface area contributed by atoms with E-state index < -0.39 is 12.6 Å². The number of nitrogens with one attached hydrogen (secondary N) is 2. The Morgan fingerprint density at radius 3 is 2.80 bits per heavy atom. The van der Waals surface area contributed by atoms with Gasteiger partial charge in [0.25, 0.3) is 0 Å². The van der Waals surface area contributed by atoms with Crippen molar-refractivity contribution in [2.24, 2.45) is 0 Å². The van der Waals surface area contributed by atoms with Crippen molar-refractivity contribution in [2.45, 2.75) is 26.0 Å². The van der Waals surface area contributed by atoms with Crippen LogP contribution in [0.1, 0.15) is 13.3 Å². The standard InChI is InChI=1S/C12H15ClF2N2O3/c1-7(4-5-18)16-12(19)17-8-2-3-9(13)10(6-8)20-11(14)15/h2-3,6-7,11,18H,4-5H2,1H3,(H2,16,17,19)/t7-/m1/s1. The van der Waals surface area contributed by atoms with Crippen LogP contribution in [0, 0.1) is 0 Å². The minimum absolute atomic E-state index is 0.0184. The molecule has 0 heterocycles. The van der Waals surface area contributed by atoms with E-state index in [1.165, 1.54) is 18.2 Å². The van der Waals surface area contributed by atoms with Gasteiger partial charge in [0.1, 0.15) is 5.75 Å². The molecular formula is C12H15ClF2N2O3. The third-order valence-corrected chi connectivity index (χ3v) is 2.66. The Bertz CT molecular complexity index is 460. The molecule has 0 aliphatic carbocycles. The van der Waals surface area contributed by atoms with Gasteiger partial charge in [-0.3, -0.25) is 0 Å². The molecule has 0 aliphatic heterocycles. The minimum atomic E-state index is -3.00. The molecule has 1 aromatic rings. The van der Waals surface area contributed by atoms with Gasteiger partial charge < -0.3 is 20.5 Å². The molecule has 1 atom stereocenters. The van der Waals surface area contributed by atoms with Gasteiger partial charge in [0, 0.05) is 24.4 Å². The molecule has 0 saturated heterocycles. The Morgan fingerprint density at radius 2 is 2.20 bits per heavy atom. The Balaban J connectivity index is 2.65. The summed E-state index contributed by atoms with van der Waals surface area (Å²) in [7, 11) is 0. The van der Waals surface area contributed by atoms with Gasteiger partial charge >= 0.3 is 12.6 Å². The van der Waals surface area contributed by atoms with Crippen LogP contribution in [-0.4, -0.2) is 30.4 Å². The van der Waals surface area contributed by atoms with Crippen LogP contribution in [0.3, 0.4) is 0 Å². The van der Waals surface area contributed by atoms with Gasteiger partial charge in [-0.15, -0.1) is 0 Å². The number of anilines is 1. The van der Waals surface area contributed by atoms with Crippen molar-refractivity contribution in [3.8, 4) is 5.75 Å². The number of benzene rings is 1. The number of urea groups is 1. The van der Waals surface area contributed by atoms with Crippen molar-refractivity contribution in [1.82, 2.24) is 5.32 Å². The molecule has 1 rings (SSSR count). The number of rotatable bonds is 6. The van der Waals surface area contributed by atoms with Crippen molar-refractivity contribution in [3.63, 3.8) is 0 Å². The molecule has 0 aliphatic rings. The van der Waals surface area contributed by atoms with Crippen LogP contribution in [0.2, 0.25) is 5.02 Å². The smallest absolute Gasteiger partial charge is 0.387 e. The van der Waals surface area contributed by atoms with E-state index in [9.17, 15) is 13.6 Å². The Morgan fingerprint density at radius 1 is 1.50 bits per heavy atom. The topological polar surface area (TPSA) is 70.6 Å². The molecule has 8 heteroatoms. The second kappa shape index (κ2) is 7.86. The maximum Gasteiger partial charge on any atom is 0.387 e. The summed E-state index contributed by atoms with van der Waals surface area (Å²) < 4.78 is 28.5. The fourth-order valence-corrected chi connectivity index (χ4v) is 1.59. The molecule has 1 aromatic carbocycles. The van der Waals surface area contributed by atoms with Gasteiger partial charge in [0.2, 0.25) is 0 Å². The molecule has 0 aromatic heterocycles. The Hall–Kier alpha value is -1.60. The predicted octanol–water partition coefficient (Wildman–Crippen LogP) is 2.83. The average molecular weight is 309 g/mol. The Labute approximate surface area is 119 Å². The summed E-state index contributed by atoms with van der Waals surface area (Å²) in [6.07, 6.45) is 0.410. The molecule has 3 N–H and O–H groups in total. The van der Waals surface area contributed by atoms with E-state index >= 15 is 0 Å². The third kappa shape index (κ3) is 5.58. The molecule has 0 bridgehead atoms. The number of aliphatic hydroxyl groups is 1. The van der Waals surface area contributed by atoms with E-state index in [0.717, 1.165) is 0 Å². The van der Waals surface area contributed by atoms with Gasteiger partial charge in [-0.05, 0) is 25.5 Å². The Kier molecular flexibility index (Phi) is 6.47. The maximum atomic E-state index is 12.1. The van der Waals surface area contributed by atoms with E-state index in [4.69, 9.17) is 16.7 Å². The number of hydrogen-bond donors (Lipinski definition) is 3. The summed E-state index contributed by atoms with van der Waals surface area (Å²) >= 11 is 5.69. The van der Waals surface area contributed by atoms with Crippen LogP contribution in [0.15, 0.2) is 18.2 Å². The molecule has 0 spiro atoms. The normalized spacial score (nSPS) is 12.1. The molecule has 0 unspecified atom stereocenters. The highest BCUT2D eigenvalue weighted by Gasteiger charge is 2.11. The SMILES string of the molecule is C[C@H](CCO)NC(=O)Nc1ccc(Cl)c(OC(F)F)c1. The monoisotopic (exact) mass is 308 g/mol. The molecule has 0 saturated carbocycles. The third-order valence-electron chi connectivity index (χ3n) is 2.34. The zero-order chi connectivity index (χ0) is 15.1. The minimum Gasteiger partial charge on any atom is -0.433 e. The number of ether oxygens (including phenoxy) is 1. The zero-order valence-corrected chi connectivity index (χ0v) is 11.5. The molecule has 20 heavy (non-hydrogen) atoms. The quantitative estimate of drug-likeness (QED) is 0.757. The number of amides is 2. The number of aliphatic hydroxyl groups excluding tert-OH is 1. The number of hydrogen-bond acceptors (Lipinski definition) is 3. The van der Waals surface area contributed by atoms with E-state index in [2.05, 4.69) is 15.4 Å². The first-order valence-electron chi connectivity index (χ1n) is 5.85. The fraction of sp³-hybridized carbons (Fsp3) is 0.417. The number of carbonyl (C=O) groups excluding carboxylic acids is 1. The van der Waals surface area contributed by atoms with Crippen molar-refractivity contribution in [1.29, 1.82) is 0 Å². The highest BCUT2D eigenvalue weighted by atomic mass is 35.5. The maximum absolute atomic E-state index is 12.1. The number of halogens is 3. The summed E-state index contributed by atoms with van der Waals surface area (Å²) in [4.78, 5) is 11.6. The molecular weight excluding hydrogens is 294 g/mol. The van der Waals surface area contributed by atoms with Crippen LogP contribution >= 0.6 is 11.6 Å². The second-order valence-electron chi connectivity index (χ2n) is 4.04. The summed E-state index contributed by atoms with van der Waals surface area (Å²) in [5.74, 6) is -0.220. The van der Waals surface area contributed by atoms with Gasteiger partial charge in [-0.2, -0.15) is 8.78 Å². The highest BCUT2D eigenvalue weighted by Crippen LogP contribution is 2.29. The lowest BCUT2D eigenvalue weighted by atomic mass is 10.2. The lowest BCUT2D eigenvalue weighted by Gasteiger charge is -2.14. The number of alkyl halides is 2. The first-order valence-corrected chi connectivity index (χ1v) is 6.23. The summed E-state index contributed by atoms with van der Waals surface area (Å²) in [5.41, 5.74) is 0.263. The van der Waals surface area contributed by atoms with E-state index in [-0.39, 0.29) is 29.1 Å². The van der Waals surface area contributed by atoms with Crippen LogP contribution in [0.5, 0.6) is 5.75 Å². The second-order valence-corrected chi connectivity index (χ2v) is 4.44. The summed E-state index contributed by atoms with van der Waals surface area (Å²) in [5, 5.41) is 13.8. The van der Waals surface area contributed by atoms with Crippen LogP contribution in [0.25, 0.3) is 0 Å². The highest BCUT2D eigenvalue weighted by molar-refractivity contribution is 6.32. The largest absolute Gasteiger partial charge is 0.433 e. The number of carbonyl (C=O) groups is 1. The van der Waals surface area contributed by atoms with Crippen molar-refractivity contribution < 1.29 is 23.4 Å². The average Bonchev–Trinajstić information content (AvgIpc) is 2.32. The first kappa shape index (κ1) is 16.5. The van der Waals surface area contributed by atoms with Gasteiger partial charge in [-0.1, -0.05) is 11.6 Å². The van der Waals surface area contributed by atoms with Crippen LogP contribution in [0.4, 0.5) is 19.3 Å². The fourth-order valence-electron chi connectivity index (χ4n) is 1.42. The van der Waals surface area contributed by atoms with Crippen molar-refractivity contribution in [3.05, 3.63) is 23.2 Å². The van der Waals surface area contributed by atoms with Crippen molar-refractivity contribution in [2.75, 3.05) is 11.9 Å². The van der Waals surface area contributed by atoms with E-state index in [1.54, 1.807) is 6.92 Å². The lowest BCUT2D eigenvalue weighted by molar-refractivity contribution is -0.0497. The summed E-state index contributed by atoms with van der Waals surface area (Å²) in [6.45, 7) is -1.32. The van der Waals surface area contributed by atoms with E-state index in [0.29, 0.717) is 6.42 Å². The lowest BCUT2D eigenvalue weighted by Crippen LogP contribution is -2.36. The van der Waals surface area contributed by atoms with Gasteiger partial charge in [0.15, 0.2) is 0 Å². The van der Waals surface area contributed by atoms with Crippen molar-refractivity contribution >= 4 is 23.3 Å².